The number of aromatic nitrogens is 3. The van der Waals surface area contributed by atoms with Crippen molar-refractivity contribution in [3.63, 3.8) is 0 Å². The lowest BCUT2D eigenvalue weighted by Gasteiger charge is -2.15. The monoisotopic (exact) mass is 393 g/mol. The number of amides is 2. The second kappa shape index (κ2) is 7.54. The summed E-state index contributed by atoms with van der Waals surface area (Å²) in [4.78, 5) is 40.2. The minimum atomic E-state index is -0.309. The summed E-state index contributed by atoms with van der Waals surface area (Å²) < 4.78 is 2.93. The van der Waals surface area contributed by atoms with Crippen molar-refractivity contribution in [3.05, 3.63) is 58.0 Å². The van der Waals surface area contributed by atoms with E-state index in [2.05, 4.69) is 10.4 Å². The molecule has 29 heavy (non-hydrogen) atoms. The molecule has 0 unspecified atom stereocenters. The summed E-state index contributed by atoms with van der Waals surface area (Å²) in [6.07, 6.45) is 0.791. The van der Waals surface area contributed by atoms with Crippen LogP contribution in [-0.2, 0) is 17.9 Å². The number of likely N-dealkylation sites (N-methyl/N-ethyl adjacent to an activating group) is 1. The number of fused-ring (bicyclic) bond motifs is 2. The molecule has 1 aliphatic rings. The van der Waals surface area contributed by atoms with Crippen molar-refractivity contribution in [2.75, 3.05) is 13.1 Å². The molecule has 150 valence electrons. The van der Waals surface area contributed by atoms with E-state index >= 15 is 0 Å². The summed E-state index contributed by atoms with van der Waals surface area (Å²) in [6, 6.07) is 11.3. The highest BCUT2D eigenvalue weighted by Gasteiger charge is 2.34. The SMILES string of the molecule is CCCN1Cc2c(n(CC(=O)NCC)c3cc(-c4ccccc4)nn3c2=O)C1=O. The van der Waals surface area contributed by atoms with Gasteiger partial charge in [0.15, 0.2) is 0 Å². The smallest absolute Gasteiger partial charge is 0.280 e. The zero-order valence-electron chi connectivity index (χ0n) is 16.5. The molecule has 0 spiro atoms. The molecular weight excluding hydrogens is 370 g/mol. The Morgan fingerprint density at radius 2 is 1.93 bits per heavy atom. The number of carbonyl (C=O) groups excluding carboxylic acids is 2. The Bertz CT molecular complexity index is 1150. The van der Waals surface area contributed by atoms with Crippen LogP contribution >= 0.6 is 0 Å². The highest BCUT2D eigenvalue weighted by atomic mass is 16.2. The van der Waals surface area contributed by atoms with Crippen LogP contribution in [0.1, 0.15) is 36.3 Å². The lowest BCUT2D eigenvalue weighted by molar-refractivity contribution is -0.121. The van der Waals surface area contributed by atoms with Gasteiger partial charge in [0.1, 0.15) is 17.9 Å². The predicted octanol–water partition coefficient (Wildman–Crippen LogP) is 1.66. The number of nitrogens with zero attached hydrogens (tertiary/aromatic N) is 4. The van der Waals surface area contributed by atoms with Crippen LogP contribution in [-0.4, -0.2) is 44.0 Å². The molecule has 2 amide bonds. The van der Waals surface area contributed by atoms with Crippen LogP contribution in [0.2, 0.25) is 0 Å². The summed E-state index contributed by atoms with van der Waals surface area (Å²) in [7, 11) is 0. The van der Waals surface area contributed by atoms with Gasteiger partial charge in [-0.05, 0) is 13.3 Å². The summed E-state index contributed by atoms with van der Waals surface area (Å²) in [5.41, 5.74) is 2.29. The summed E-state index contributed by atoms with van der Waals surface area (Å²) >= 11 is 0. The number of rotatable bonds is 6. The van der Waals surface area contributed by atoms with Gasteiger partial charge in [0.05, 0.1) is 17.8 Å². The van der Waals surface area contributed by atoms with Crippen molar-refractivity contribution in [2.24, 2.45) is 0 Å². The number of hydrogen-bond acceptors (Lipinski definition) is 4. The van der Waals surface area contributed by atoms with E-state index in [-0.39, 0.29) is 30.5 Å². The molecule has 8 nitrogen and oxygen atoms in total. The second-order valence-corrected chi connectivity index (χ2v) is 7.06. The molecule has 3 heterocycles. The van der Waals surface area contributed by atoms with Gasteiger partial charge < -0.3 is 14.8 Å². The van der Waals surface area contributed by atoms with E-state index in [1.807, 2.05) is 44.2 Å². The maximum atomic E-state index is 13.1. The van der Waals surface area contributed by atoms with E-state index in [1.54, 1.807) is 15.5 Å². The third-order valence-corrected chi connectivity index (χ3v) is 5.05. The molecule has 0 saturated carbocycles. The first-order valence-corrected chi connectivity index (χ1v) is 9.82. The van der Waals surface area contributed by atoms with Crippen LogP contribution in [0.15, 0.2) is 41.2 Å². The molecule has 0 radical (unpaired) electrons. The maximum absolute atomic E-state index is 13.1. The van der Waals surface area contributed by atoms with Gasteiger partial charge in [0, 0.05) is 24.7 Å². The number of nitrogens with one attached hydrogen (secondary N) is 1. The molecule has 0 aliphatic carbocycles. The van der Waals surface area contributed by atoms with E-state index < -0.39 is 0 Å². The van der Waals surface area contributed by atoms with Crippen LogP contribution < -0.4 is 10.9 Å². The van der Waals surface area contributed by atoms with E-state index in [9.17, 15) is 14.4 Å². The maximum Gasteiger partial charge on any atom is 0.280 e. The topological polar surface area (TPSA) is 88.7 Å². The van der Waals surface area contributed by atoms with Crippen molar-refractivity contribution in [1.29, 1.82) is 0 Å². The average molecular weight is 393 g/mol. The minimum Gasteiger partial charge on any atom is -0.355 e. The zero-order valence-corrected chi connectivity index (χ0v) is 16.5. The van der Waals surface area contributed by atoms with Crippen molar-refractivity contribution >= 4 is 17.5 Å². The third-order valence-electron chi connectivity index (χ3n) is 5.05. The highest BCUT2D eigenvalue weighted by molar-refractivity contribution is 5.98. The van der Waals surface area contributed by atoms with Gasteiger partial charge in [-0.2, -0.15) is 9.61 Å². The Morgan fingerprint density at radius 3 is 2.62 bits per heavy atom. The van der Waals surface area contributed by atoms with Crippen LogP contribution in [0.4, 0.5) is 0 Å². The first kappa shape index (κ1) is 18.9. The largest absolute Gasteiger partial charge is 0.355 e. The molecular formula is C21H23N5O3. The molecule has 0 atom stereocenters. The lowest BCUT2D eigenvalue weighted by atomic mass is 10.1. The molecule has 4 rings (SSSR count). The minimum absolute atomic E-state index is 0.0500. The van der Waals surface area contributed by atoms with Gasteiger partial charge in [-0.25, -0.2) is 0 Å². The molecule has 1 aromatic carbocycles. The first-order chi connectivity index (χ1) is 14.0. The number of hydrogen-bond donors (Lipinski definition) is 1. The standard InChI is InChI=1S/C21H23N5O3/c1-3-10-24-12-15-19(21(24)29)25(13-17(27)22-4-2)18-11-16(23-26(18)20(15)28)14-8-6-5-7-9-14/h5-9,11H,3-4,10,12-13H2,1-2H3,(H,22,27). The molecule has 8 heteroatoms. The molecule has 3 aromatic rings. The number of carbonyl (C=O) groups is 2. The summed E-state index contributed by atoms with van der Waals surface area (Å²) in [5.74, 6) is -0.433. The van der Waals surface area contributed by atoms with E-state index in [0.29, 0.717) is 35.7 Å². The molecule has 0 bridgehead atoms. The van der Waals surface area contributed by atoms with Crippen LogP contribution in [0.5, 0.6) is 0 Å². The van der Waals surface area contributed by atoms with Crippen LogP contribution in [0.3, 0.4) is 0 Å². The fourth-order valence-corrected chi connectivity index (χ4v) is 3.78. The van der Waals surface area contributed by atoms with Gasteiger partial charge in [-0.1, -0.05) is 37.3 Å². The van der Waals surface area contributed by atoms with Crippen LogP contribution in [0.25, 0.3) is 16.9 Å². The van der Waals surface area contributed by atoms with Crippen molar-refractivity contribution < 1.29 is 9.59 Å². The quantitative estimate of drug-likeness (QED) is 0.690. The van der Waals surface area contributed by atoms with Crippen molar-refractivity contribution in [3.8, 4) is 11.3 Å². The van der Waals surface area contributed by atoms with Crippen molar-refractivity contribution in [1.82, 2.24) is 24.4 Å². The molecule has 0 fully saturated rings. The second-order valence-electron chi connectivity index (χ2n) is 7.06. The normalized spacial score (nSPS) is 13.2. The van der Waals surface area contributed by atoms with Crippen LogP contribution in [0, 0.1) is 0 Å². The van der Waals surface area contributed by atoms with Gasteiger partial charge in [-0.15, -0.1) is 0 Å². The van der Waals surface area contributed by atoms with Gasteiger partial charge in [0.25, 0.3) is 11.5 Å². The highest BCUT2D eigenvalue weighted by Crippen LogP contribution is 2.25. The Hall–Kier alpha value is -3.42. The molecule has 2 aromatic heterocycles. The van der Waals surface area contributed by atoms with E-state index in [1.165, 1.54) is 4.52 Å². The van der Waals surface area contributed by atoms with Gasteiger partial charge in [-0.3, -0.25) is 14.4 Å². The Labute approximate surface area is 167 Å². The Balaban J connectivity index is 1.94. The Kier molecular flexibility index (Phi) is 4.92. The Morgan fingerprint density at radius 1 is 1.17 bits per heavy atom. The summed E-state index contributed by atoms with van der Waals surface area (Å²) in [6.45, 7) is 5.06. The van der Waals surface area contributed by atoms with Gasteiger partial charge >= 0.3 is 0 Å². The predicted molar refractivity (Wildman–Crippen MR) is 109 cm³/mol. The molecule has 0 saturated heterocycles. The first-order valence-electron chi connectivity index (χ1n) is 9.82. The molecule has 1 aliphatic heterocycles. The fraction of sp³-hybridized carbons (Fsp3) is 0.333. The number of benzene rings is 1. The van der Waals surface area contributed by atoms with E-state index in [0.717, 1.165) is 12.0 Å². The lowest BCUT2D eigenvalue weighted by Crippen LogP contribution is -2.32. The molecule has 1 N–H and O–H groups in total. The average Bonchev–Trinajstić information content (AvgIpc) is 3.30. The van der Waals surface area contributed by atoms with E-state index in [4.69, 9.17) is 0 Å². The third kappa shape index (κ3) is 3.20. The fourth-order valence-electron chi connectivity index (χ4n) is 3.78. The van der Waals surface area contributed by atoms with Gasteiger partial charge in [0.2, 0.25) is 5.91 Å². The summed E-state index contributed by atoms with van der Waals surface area (Å²) in [5, 5.41) is 7.25. The zero-order chi connectivity index (χ0) is 20.5. The van der Waals surface area contributed by atoms with Crippen molar-refractivity contribution in [2.45, 2.75) is 33.4 Å².